The van der Waals surface area contributed by atoms with E-state index in [1.54, 1.807) is 0 Å². The van der Waals surface area contributed by atoms with Gasteiger partial charge in [0.1, 0.15) is 6.54 Å². The first kappa shape index (κ1) is 14.9. The van der Waals surface area contributed by atoms with Crippen LogP contribution in [0.5, 0.6) is 0 Å². The molecule has 0 aliphatic carbocycles. The van der Waals surface area contributed by atoms with E-state index < -0.39 is 0 Å². The summed E-state index contributed by atoms with van der Waals surface area (Å²) in [5.74, 6) is -0.0548. The maximum Gasteiger partial charge on any atom is 0.235 e. The Balaban J connectivity index is 2.33. The minimum absolute atomic E-state index is 0.0548. The Morgan fingerprint density at radius 3 is 3.00 bits per heavy atom. The molecule has 2 N–H and O–H groups in total. The zero-order valence-electron chi connectivity index (χ0n) is 11.2. The highest BCUT2D eigenvalue weighted by Gasteiger charge is 2.17. The average molecular weight is 252 g/mol. The molecule has 0 aromatic carbocycles. The van der Waals surface area contributed by atoms with E-state index >= 15 is 0 Å². The molecular formula is C13H24N4O. The fourth-order valence-electron chi connectivity index (χ4n) is 2.34. The van der Waals surface area contributed by atoms with Crippen molar-refractivity contribution in [3.8, 4) is 6.07 Å². The Morgan fingerprint density at radius 2 is 2.39 bits per heavy atom. The molecule has 1 heterocycles. The van der Waals surface area contributed by atoms with Crippen LogP contribution in [0, 0.1) is 11.3 Å². The fraction of sp³-hybridized carbons (Fsp3) is 0.846. The Morgan fingerprint density at radius 1 is 1.56 bits per heavy atom. The molecule has 0 radical (unpaired) electrons. The van der Waals surface area contributed by atoms with Crippen LogP contribution in [0.1, 0.15) is 32.6 Å². The van der Waals surface area contributed by atoms with E-state index in [1.807, 2.05) is 6.07 Å². The maximum atomic E-state index is 11.6. The highest BCUT2D eigenvalue weighted by atomic mass is 16.2. The van der Waals surface area contributed by atoms with E-state index in [0.717, 1.165) is 26.1 Å². The van der Waals surface area contributed by atoms with E-state index in [2.05, 4.69) is 22.5 Å². The Kier molecular flexibility index (Phi) is 7.38. The summed E-state index contributed by atoms with van der Waals surface area (Å²) in [6, 6.07) is 2.43. The largest absolute Gasteiger partial charge is 0.342 e. The molecule has 5 nitrogen and oxygen atoms in total. The van der Waals surface area contributed by atoms with Gasteiger partial charge in [0.05, 0.1) is 12.6 Å². The molecule has 1 amide bonds. The van der Waals surface area contributed by atoms with Gasteiger partial charge < -0.3 is 10.6 Å². The number of amides is 1. The number of piperidine rings is 1. The molecule has 1 rings (SSSR count). The SMILES string of the molecule is CCCN(CC(=O)NCC#N)CC1CCCCN1. The lowest BCUT2D eigenvalue weighted by molar-refractivity contribution is -0.122. The van der Waals surface area contributed by atoms with Crippen molar-refractivity contribution < 1.29 is 4.79 Å². The minimum Gasteiger partial charge on any atom is -0.342 e. The van der Waals surface area contributed by atoms with Gasteiger partial charge in [0.25, 0.3) is 0 Å². The second-order valence-electron chi connectivity index (χ2n) is 4.82. The van der Waals surface area contributed by atoms with Gasteiger partial charge in [-0.2, -0.15) is 5.26 Å². The Hall–Kier alpha value is -1.12. The van der Waals surface area contributed by atoms with Gasteiger partial charge in [-0.05, 0) is 32.4 Å². The monoisotopic (exact) mass is 252 g/mol. The van der Waals surface area contributed by atoms with Gasteiger partial charge in [-0.15, -0.1) is 0 Å². The van der Waals surface area contributed by atoms with Gasteiger partial charge in [0.2, 0.25) is 5.91 Å². The summed E-state index contributed by atoms with van der Waals surface area (Å²) >= 11 is 0. The zero-order chi connectivity index (χ0) is 13.2. The third-order valence-electron chi connectivity index (χ3n) is 3.16. The van der Waals surface area contributed by atoms with Crippen molar-refractivity contribution in [2.45, 2.75) is 38.6 Å². The van der Waals surface area contributed by atoms with Crippen molar-refractivity contribution in [3.63, 3.8) is 0 Å². The van der Waals surface area contributed by atoms with Gasteiger partial charge in [0, 0.05) is 12.6 Å². The van der Waals surface area contributed by atoms with Gasteiger partial charge >= 0.3 is 0 Å². The van der Waals surface area contributed by atoms with Gasteiger partial charge in [0.15, 0.2) is 0 Å². The standard InChI is InChI=1S/C13H24N4O/c1-2-9-17(11-13(18)16-8-6-14)10-12-5-3-4-7-15-12/h12,15H,2-5,7-11H2,1H3,(H,16,18). The van der Waals surface area contributed by atoms with E-state index in [9.17, 15) is 4.79 Å². The number of nitrogens with one attached hydrogen (secondary N) is 2. The van der Waals surface area contributed by atoms with Crippen molar-refractivity contribution in [2.24, 2.45) is 0 Å². The van der Waals surface area contributed by atoms with Crippen LogP contribution in [0.15, 0.2) is 0 Å². The normalized spacial score (nSPS) is 19.5. The number of nitriles is 1. The smallest absolute Gasteiger partial charge is 0.235 e. The summed E-state index contributed by atoms with van der Waals surface area (Å²) in [4.78, 5) is 13.8. The molecule has 5 heteroatoms. The molecular weight excluding hydrogens is 228 g/mol. The quantitative estimate of drug-likeness (QED) is 0.647. The molecule has 102 valence electrons. The van der Waals surface area contributed by atoms with Gasteiger partial charge in [-0.3, -0.25) is 9.69 Å². The number of nitrogens with zero attached hydrogens (tertiary/aromatic N) is 2. The molecule has 1 aliphatic rings. The molecule has 0 bridgehead atoms. The van der Waals surface area contributed by atoms with Crippen molar-refractivity contribution in [2.75, 3.05) is 32.7 Å². The lowest BCUT2D eigenvalue weighted by Crippen LogP contribution is -2.47. The first-order chi connectivity index (χ1) is 8.76. The minimum atomic E-state index is -0.0548. The maximum absolute atomic E-state index is 11.6. The van der Waals surface area contributed by atoms with E-state index in [0.29, 0.717) is 12.6 Å². The second-order valence-corrected chi connectivity index (χ2v) is 4.82. The zero-order valence-corrected chi connectivity index (χ0v) is 11.2. The van der Waals surface area contributed by atoms with E-state index in [-0.39, 0.29) is 12.5 Å². The number of hydrogen-bond acceptors (Lipinski definition) is 4. The van der Waals surface area contributed by atoms with Crippen LogP contribution in [-0.4, -0.2) is 49.6 Å². The number of carbonyl (C=O) groups is 1. The molecule has 1 aliphatic heterocycles. The summed E-state index contributed by atoms with van der Waals surface area (Å²) in [6.07, 6.45) is 4.77. The van der Waals surface area contributed by atoms with Gasteiger partial charge in [-0.25, -0.2) is 0 Å². The van der Waals surface area contributed by atoms with E-state index in [4.69, 9.17) is 5.26 Å². The van der Waals surface area contributed by atoms with Crippen LogP contribution in [0.25, 0.3) is 0 Å². The highest BCUT2D eigenvalue weighted by Crippen LogP contribution is 2.08. The predicted molar refractivity (Wildman–Crippen MR) is 71.0 cm³/mol. The highest BCUT2D eigenvalue weighted by molar-refractivity contribution is 5.78. The number of rotatable bonds is 7. The molecule has 18 heavy (non-hydrogen) atoms. The Bertz CT molecular complexity index is 281. The summed E-state index contributed by atoms with van der Waals surface area (Å²) < 4.78 is 0. The molecule has 0 aromatic rings. The molecule has 1 unspecified atom stereocenters. The summed E-state index contributed by atoms with van der Waals surface area (Å²) in [5, 5.41) is 14.5. The van der Waals surface area contributed by atoms with Crippen LogP contribution in [0.2, 0.25) is 0 Å². The molecule has 1 saturated heterocycles. The van der Waals surface area contributed by atoms with Crippen molar-refractivity contribution >= 4 is 5.91 Å². The lowest BCUT2D eigenvalue weighted by Gasteiger charge is -2.30. The predicted octanol–water partition coefficient (Wildman–Crippen LogP) is 0.480. The molecule has 0 saturated carbocycles. The first-order valence-corrected chi connectivity index (χ1v) is 6.85. The van der Waals surface area contributed by atoms with Crippen LogP contribution in [0.3, 0.4) is 0 Å². The molecule has 1 fully saturated rings. The molecule has 0 aromatic heterocycles. The first-order valence-electron chi connectivity index (χ1n) is 6.85. The average Bonchev–Trinajstić information content (AvgIpc) is 2.38. The van der Waals surface area contributed by atoms with Crippen LogP contribution in [0.4, 0.5) is 0 Å². The number of hydrogen-bond donors (Lipinski definition) is 2. The summed E-state index contributed by atoms with van der Waals surface area (Å²) in [7, 11) is 0. The van der Waals surface area contributed by atoms with Crippen LogP contribution >= 0.6 is 0 Å². The second kappa shape index (κ2) is 8.90. The molecule has 0 spiro atoms. The van der Waals surface area contributed by atoms with Gasteiger partial charge in [-0.1, -0.05) is 13.3 Å². The summed E-state index contributed by atoms with van der Waals surface area (Å²) in [6.45, 7) is 5.56. The lowest BCUT2D eigenvalue weighted by atomic mass is 10.0. The van der Waals surface area contributed by atoms with Crippen molar-refractivity contribution in [1.29, 1.82) is 5.26 Å². The Labute approximate surface area is 110 Å². The third kappa shape index (κ3) is 5.99. The topological polar surface area (TPSA) is 68.2 Å². The van der Waals surface area contributed by atoms with Crippen LogP contribution < -0.4 is 10.6 Å². The molecule has 1 atom stereocenters. The van der Waals surface area contributed by atoms with E-state index in [1.165, 1.54) is 19.3 Å². The number of carbonyl (C=O) groups excluding carboxylic acids is 1. The fourth-order valence-corrected chi connectivity index (χ4v) is 2.34. The van der Waals surface area contributed by atoms with Crippen molar-refractivity contribution in [3.05, 3.63) is 0 Å². The summed E-state index contributed by atoms with van der Waals surface area (Å²) in [5.41, 5.74) is 0. The van der Waals surface area contributed by atoms with Crippen molar-refractivity contribution in [1.82, 2.24) is 15.5 Å². The third-order valence-corrected chi connectivity index (χ3v) is 3.16. The van der Waals surface area contributed by atoms with Crippen LogP contribution in [-0.2, 0) is 4.79 Å².